The van der Waals surface area contributed by atoms with Crippen LogP contribution in [0.3, 0.4) is 0 Å². The van der Waals surface area contributed by atoms with Crippen molar-refractivity contribution >= 4 is 28.6 Å². The molecule has 152 valence electrons. The number of nitrogens with zero attached hydrogens (tertiary/aromatic N) is 1. The number of aromatic amines is 1. The largest absolute Gasteiger partial charge is 0.497 e. The summed E-state index contributed by atoms with van der Waals surface area (Å²) < 4.78 is 10.9. The molecule has 0 bridgehead atoms. The van der Waals surface area contributed by atoms with Crippen LogP contribution in [0.4, 0.5) is 4.79 Å². The lowest BCUT2D eigenvalue weighted by atomic mass is 9.92. The molecule has 3 aromatic rings. The number of carbonyl (C=O) groups excluding carboxylic acids is 1. The van der Waals surface area contributed by atoms with Gasteiger partial charge in [0.1, 0.15) is 11.8 Å². The molecule has 1 aliphatic rings. The molecule has 1 atom stereocenters. The zero-order valence-corrected chi connectivity index (χ0v) is 17.5. The van der Waals surface area contributed by atoms with Crippen LogP contribution in [0.2, 0.25) is 5.02 Å². The minimum Gasteiger partial charge on any atom is -0.497 e. The van der Waals surface area contributed by atoms with Crippen molar-refractivity contribution in [1.29, 1.82) is 0 Å². The average Bonchev–Trinajstić information content (AvgIpc) is 3.11. The van der Waals surface area contributed by atoms with Crippen molar-refractivity contribution in [1.82, 2.24) is 9.88 Å². The maximum Gasteiger partial charge on any atom is 0.410 e. The number of ether oxygens (including phenoxy) is 2. The Hall–Kier alpha value is -2.66. The average molecular weight is 413 g/mol. The van der Waals surface area contributed by atoms with E-state index in [1.54, 1.807) is 7.11 Å². The number of benzene rings is 2. The second-order valence-electron chi connectivity index (χ2n) is 7.29. The minimum absolute atomic E-state index is 0.245. The smallest absolute Gasteiger partial charge is 0.410 e. The molecule has 1 aliphatic heterocycles. The number of nitrogens with one attached hydrogen (secondary N) is 1. The summed E-state index contributed by atoms with van der Waals surface area (Å²) in [6.45, 7) is 3.11. The number of carbonyl (C=O) groups is 1. The molecule has 0 spiro atoms. The first-order chi connectivity index (χ1) is 14.1. The first kappa shape index (κ1) is 19.6. The molecule has 0 saturated heterocycles. The van der Waals surface area contributed by atoms with Gasteiger partial charge < -0.3 is 14.5 Å². The van der Waals surface area contributed by atoms with Gasteiger partial charge in [0.15, 0.2) is 0 Å². The van der Waals surface area contributed by atoms with Crippen LogP contribution in [0.5, 0.6) is 5.75 Å². The highest BCUT2D eigenvalue weighted by Crippen LogP contribution is 2.39. The number of hydrogen-bond acceptors (Lipinski definition) is 3. The minimum atomic E-state index is -0.276. The number of H-pyrrole nitrogens is 1. The van der Waals surface area contributed by atoms with E-state index in [4.69, 9.17) is 21.1 Å². The Balaban J connectivity index is 1.77. The van der Waals surface area contributed by atoms with Crippen molar-refractivity contribution in [2.45, 2.75) is 32.2 Å². The van der Waals surface area contributed by atoms with Crippen molar-refractivity contribution in [2.75, 3.05) is 20.3 Å². The van der Waals surface area contributed by atoms with Crippen LogP contribution in [0.1, 0.15) is 42.6 Å². The molecule has 5 nitrogen and oxygen atoms in total. The van der Waals surface area contributed by atoms with Gasteiger partial charge in [-0.3, -0.25) is 4.90 Å². The molecule has 1 amide bonds. The van der Waals surface area contributed by atoms with E-state index >= 15 is 0 Å². The molecule has 0 saturated carbocycles. The maximum atomic E-state index is 12.9. The monoisotopic (exact) mass is 412 g/mol. The van der Waals surface area contributed by atoms with E-state index in [1.165, 1.54) is 5.56 Å². The van der Waals surface area contributed by atoms with Gasteiger partial charge in [0, 0.05) is 28.2 Å². The third kappa shape index (κ3) is 3.79. The summed E-state index contributed by atoms with van der Waals surface area (Å²) in [7, 11) is 1.65. The second kappa shape index (κ2) is 8.37. The standard InChI is InChI=1S/C23H25ClN2O3/c1-3-4-13-29-23(27)26-12-11-18-19-14-16(24)7-10-20(19)25-21(18)22(26)15-5-8-17(28-2)9-6-15/h5-10,14,22,25H,3-4,11-13H2,1-2H3. The van der Waals surface area contributed by atoms with E-state index in [0.29, 0.717) is 18.2 Å². The van der Waals surface area contributed by atoms with Gasteiger partial charge in [0.05, 0.1) is 13.7 Å². The molecule has 0 fully saturated rings. The number of hydrogen-bond donors (Lipinski definition) is 1. The first-order valence-corrected chi connectivity index (χ1v) is 10.4. The molecule has 2 aromatic carbocycles. The molecule has 0 radical (unpaired) electrons. The topological polar surface area (TPSA) is 54.6 Å². The van der Waals surface area contributed by atoms with Gasteiger partial charge in [-0.2, -0.15) is 0 Å². The first-order valence-electron chi connectivity index (χ1n) is 9.99. The van der Waals surface area contributed by atoms with E-state index in [-0.39, 0.29) is 12.1 Å². The van der Waals surface area contributed by atoms with Crippen LogP contribution in [-0.2, 0) is 11.2 Å². The third-order valence-electron chi connectivity index (χ3n) is 5.48. The van der Waals surface area contributed by atoms with Crippen LogP contribution in [-0.4, -0.2) is 36.2 Å². The Morgan fingerprint density at radius 2 is 2.03 bits per heavy atom. The number of fused-ring (bicyclic) bond motifs is 3. The number of rotatable bonds is 5. The van der Waals surface area contributed by atoms with Crippen LogP contribution in [0, 0.1) is 0 Å². The number of amides is 1. The van der Waals surface area contributed by atoms with E-state index < -0.39 is 0 Å². The molecular weight excluding hydrogens is 388 g/mol. The van der Waals surface area contributed by atoms with E-state index in [2.05, 4.69) is 11.9 Å². The summed E-state index contributed by atoms with van der Waals surface area (Å²) in [5.41, 5.74) is 4.27. The molecular formula is C23H25ClN2O3. The molecule has 1 unspecified atom stereocenters. The van der Waals surface area contributed by atoms with Gasteiger partial charge >= 0.3 is 6.09 Å². The van der Waals surface area contributed by atoms with E-state index in [1.807, 2.05) is 47.4 Å². The van der Waals surface area contributed by atoms with Gasteiger partial charge in [-0.1, -0.05) is 37.1 Å². The van der Waals surface area contributed by atoms with Crippen molar-refractivity contribution in [3.8, 4) is 5.75 Å². The quantitative estimate of drug-likeness (QED) is 0.545. The molecule has 1 N–H and O–H groups in total. The second-order valence-corrected chi connectivity index (χ2v) is 7.73. The predicted molar refractivity (Wildman–Crippen MR) is 115 cm³/mol. The van der Waals surface area contributed by atoms with Gasteiger partial charge in [-0.05, 0) is 54.3 Å². The molecule has 1 aromatic heterocycles. The third-order valence-corrected chi connectivity index (χ3v) is 5.71. The number of unbranched alkanes of at least 4 members (excludes halogenated alkanes) is 1. The Bertz CT molecular complexity index is 1010. The highest BCUT2D eigenvalue weighted by molar-refractivity contribution is 6.31. The van der Waals surface area contributed by atoms with Gasteiger partial charge in [-0.25, -0.2) is 4.79 Å². The van der Waals surface area contributed by atoms with Crippen LogP contribution in [0.25, 0.3) is 10.9 Å². The van der Waals surface area contributed by atoms with Crippen LogP contribution < -0.4 is 4.74 Å². The fourth-order valence-electron chi connectivity index (χ4n) is 3.98. The zero-order chi connectivity index (χ0) is 20.4. The summed E-state index contributed by atoms with van der Waals surface area (Å²) in [6, 6.07) is 13.5. The normalized spacial score (nSPS) is 16.0. The fraction of sp³-hybridized carbons (Fsp3) is 0.348. The highest BCUT2D eigenvalue weighted by Gasteiger charge is 2.35. The Kier molecular flexibility index (Phi) is 5.67. The summed E-state index contributed by atoms with van der Waals surface area (Å²) in [5.74, 6) is 0.783. The SMILES string of the molecule is CCCCOC(=O)N1CCc2c([nH]c3ccc(Cl)cc23)C1c1ccc(OC)cc1. The van der Waals surface area contributed by atoms with Gasteiger partial charge in [-0.15, -0.1) is 0 Å². The van der Waals surface area contributed by atoms with Crippen molar-refractivity contribution in [3.05, 3.63) is 64.3 Å². The lowest BCUT2D eigenvalue weighted by Gasteiger charge is -2.35. The summed E-state index contributed by atoms with van der Waals surface area (Å²) in [6.07, 6.45) is 2.33. The van der Waals surface area contributed by atoms with Crippen LogP contribution in [0.15, 0.2) is 42.5 Å². The van der Waals surface area contributed by atoms with Crippen LogP contribution >= 0.6 is 11.6 Å². The number of methoxy groups -OCH3 is 1. The van der Waals surface area contributed by atoms with E-state index in [9.17, 15) is 4.79 Å². The molecule has 4 rings (SSSR count). The number of aromatic nitrogens is 1. The van der Waals surface area contributed by atoms with Gasteiger partial charge in [0.2, 0.25) is 0 Å². The summed E-state index contributed by atoms with van der Waals surface area (Å²) in [4.78, 5) is 18.3. The van der Waals surface area contributed by atoms with Gasteiger partial charge in [0.25, 0.3) is 0 Å². The molecule has 29 heavy (non-hydrogen) atoms. The molecule has 2 heterocycles. The van der Waals surface area contributed by atoms with E-state index in [0.717, 1.165) is 47.2 Å². The highest BCUT2D eigenvalue weighted by atomic mass is 35.5. The Labute approximate surface area is 175 Å². The van der Waals surface area contributed by atoms with Crippen molar-refractivity contribution in [3.63, 3.8) is 0 Å². The lowest BCUT2D eigenvalue weighted by molar-refractivity contribution is 0.0878. The summed E-state index contributed by atoms with van der Waals surface area (Å²) >= 11 is 6.24. The lowest BCUT2D eigenvalue weighted by Crippen LogP contribution is -2.41. The van der Waals surface area contributed by atoms with Crippen molar-refractivity contribution in [2.24, 2.45) is 0 Å². The van der Waals surface area contributed by atoms with Crippen molar-refractivity contribution < 1.29 is 14.3 Å². The predicted octanol–water partition coefficient (Wildman–Crippen LogP) is 5.71. The maximum absolute atomic E-state index is 12.9. The number of halogens is 1. The molecule has 0 aliphatic carbocycles. The zero-order valence-electron chi connectivity index (χ0n) is 16.7. The molecule has 6 heteroatoms. The Morgan fingerprint density at radius 1 is 1.24 bits per heavy atom. The fourth-order valence-corrected chi connectivity index (χ4v) is 4.15. The summed E-state index contributed by atoms with van der Waals surface area (Å²) in [5, 5.41) is 1.83. The Morgan fingerprint density at radius 3 is 2.76 bits per heavy atom.